The second kappa shape index (κ2) is 7.25. The third-order valence-electron chi connectivity index (χ3n) is 4.16. The number of para-hydroxylation sites is 1. The molecule has 1 aromatic carbocycles. The van der Waals surface area contributed by atoms with Gasteiger partial charge in [0, 0.05) is 24.8 Å². The zero-order valence-electron chi connectivity index (χ0n) is 12.7. The average Bonchev–Trinajstić information content (AvgIpc) is 3.21. The Balaban J connectivity index is 1.64. The lowest BCUT2D eigenvalue weighted by atomic mass is 10.1. The molecule has 1 N–H and O–H groups in total. The first-order chi connectivity index (χ1) is 10.4. The van der Waals surface area contributed by atoms with Crippen LogP contribution in [0.25, 0.3) is 0 Å². The zero-order valence-corrected chi connectivity index (χ0v) is 12.7. The topological polar surface area (TPSA) is 39.7 Å². The summed E-state index contributed by atoms with van der Waals surface area (Å²) in [4.78, 5) is 0. The molecule has 4 nitrogen and oxygen atoms in total. The Labute approximate surface area is 126 Å². The minimum Gasteiger partial charge on any atom is -0.496 e. The van der Waals surface area contributed by atoms with Crippen LogP contribution >= 0.6 is 0 Å². The molecule has 0 amide bonds. The summed E-state index contributed by atoms with van der Waals surface area (Å²) in [6.45, 7) is 2.36. The first kappa shape index (κ1) is 14.8. The molecule has 1 aromatic rings. The van der Waals surface area contributed by atoms with E-state index in [1.807, 2.05) is 18.2 Å². The summed E-state index contributed by atoms with van der Waals surface area (Å²) in [5.74, 6) is 0.896. The van der Waals surface area contributed by atoms with Gasteiger partial charge in [-0.25, -0.2) is 0 Å². The van der Waals surface area contributed by atoms with Crippen LogP contribution in [0.4, 0.5) is 0 Å². The molecule has 4 heteroatoms. The number of ether oxygens (including phenoxy) is 3. The third-order valence-corrected chi connectivity index (χ3v) is 4.16. The smallest absolute Gasteiger partial charge is 0.124 e. The van der Waals surface area contributed by atoms with E-state index in [1.54, 1.807) is 7.11 Å². The third kappa shape index (κ3) is 4.19. The second-order valence-electron chi connectivity index (χ2n) is 5.88. The highest BCUT2D eigenvalue weighted by molar-refractivity contribution is 5.35. The van der Waals surface area contributed by atoms with E-state index in [-0.39, 0.29) is 12.2 Å². The maximum Gasteiger partial charge on any atom is 0.124 e. The largest absolute Gasteiger partial charge is 0.496 e. The maximum absolute atomic E-state index is 6.17. The predicted molar refractivity (Wildman–Crippen MR) is 81.7 cm³/mol. The molecule has 116 valence electrons. The molecule has 2 aliphatic rings. The number of rotatable bonds is 8. The van der Waals surface area contributed by atoms with E-state index in [2.05, 4.69) is 11.4 Å². The Hall–Kier alpha value is -1.10. The van der Waals surface area contributed by atoms with Gasteiger partial charge < -0.3 is 19.5 Å². The van der Waals surface area contributed by atoms with Crippen molar-refractivity contribution >= 4 is 0 Å². The first-order valence-electron chi connectivity index (χ1n) is 7.96. The molecule has 0 radical (unpaired) electrons. The molecule has 1 saturated carbocycles. The molecule has 0 bridgehead atoms. The van der Waals surface area contributed by atoms with Crippen LogP contribution in [0.2, 0.25) is 0 Å². The zero-order chi connectivity index (χ0) is 14.5. The van der Waals surface area contributed by atoms with Gasteiger partial charge in [0.05, 0.1) is 25.9 Å². The molecule has 21 heavy (non-hydrogen) atoms. The van der Waals surface area contributed by atoms with Gasteiger partial charge in [-0.2, -0.15) is 0 Å². The SMILES string of the molecule is COc1ccccc1C(CNC1CC1)OCC1CCCO1. The van der Waals surface area contributed by atoms with E-state index in [1.165, 1.54) is 12.8 Å². The van der Waals surface area contributed by atoms with Crippen molar-refractivity contribution in [2.24, 2.45) is 0 Å². The molecule has 2 atom stereocenters. The molecule has 3 rings (SSSR count). The van der Waals surface area contributed by atoms with Crippen molar-refractivity contribution in [1.29, 1.82) is 0 Å². The second-order valence-corrected chi connectivity index (χ2v) is 5.88. The van der Waals surface area contributed by atoms with Crippen LogP contribution in [-0.4, -0.2) is 39.0 Å². The minimum atomic E-state index is 0.0194. The van der Waals surface area contributed by atoms with Gasteiger partial charge in [-0.1, -0.05) is 18.2 Å². The average molecular weight is 291 g/mol. The summed E-state index contributed by atoms with van der Waals surface area (Å²) in [6, 6.07) is 8.79. The lowest BCUT2D eigenvalue weighted by Gasteiger charge is -2.22. The quantitative estimate of drug-likeness (QED) is 0.799. The molecule has 1 aliphatic carbocycles. The summed E-state index contributed by atoms with van der Waals surface area (Å²) >= 11 is 0. The van der Waals surface area contributed by atoms with Crippen molar-refractivity contribution in [3.63, 3.8) is 0 Å². The van der Waals surface area contributed by atoms with Gasteiger partial charge in [-0.3, -0.25) is 0 Å². The van der Waals surface area contributed by atoms with Gasteiger partial charge in [0.1, 0.15) is 5.75 Å². The van der Waals surface area contributed by atoms with Crippen LogP contribution in [-0.2, 0) is 9.47 Å². The van der Waals surface area contributed by atoms with E-state index in [4.69, 9.17) is 14.2 Å². The van der Waals surface area contributed by atoms with Crippen molar-refractivity contribution in [3.8, 4) is 5.75 Å². The van der Waals surface area contributed by atoms with E-state index < -0.39 is 0 Å². The Morgan fingerprint density at radius 1 is 1.29 bits per heavy atom. The fourth-order valence-electron chi connectivity index (χ4n) is 2.75. The molecule has 1 saturated heterocycles. The standard InChI is InChI=1S/C17H25NO3/c1-19-16-7-3-2-6-15(16)17(11-18-13-8-9-13)21-12-14-5-4-10-20-14/h2-3,6-7,13-14,17-18H,4-5,8-12H2,1H3. The minimum absolute atomic E-state index is 0.0194. The van der Waals surface area contributed by atoms with Crippen molar-refractivity contribution in [2.45, 2.75) is 43.9 Å². The molecule has 1 heterocycles. The van der Waals surface area contributed by atoms with E-state index in [0.29, 0.717) is 12.6 Å². The number of nitrogens with one attached hydrogen (secondary N) is 1. The van der Waals surface area contributed by atoms with E-state index >= 15 is 0 Å². The highest BCUT2D eigenvalue weighted by Gasteiger charge is 2.25. The predicted octanol–water partition coefficient (Wildman–Crippen LogP) is 2.68. The molecular weight excluding hydrogens is 266 g/mol. The fourth-order valence-corrected chi connectivity index (χ4v) is 2.75. The summed E-state index contributed by atoms with van der Waals surface area (Å²) in [7, 11) is 1.71. The van der Waals surface area contributed by atoms with Crippen LogP contribution < -0.4 is 10.1 Å². The van der Waals surface area contributed by atoms with Crippen molar-refractivity contribution in [1.82, 2.24) is 5.32 Å². The maximum atomic E-state index is 6.17. The molecule has 2 fully saturated rings. The highest BCUT2D eigenvalue weighted by atomic mass is 16.5. The monoisotopic (exact) mass is 291 g/mol. The Kier molecular flexibility index (Phi) is 5.12. The Morgan fingerprint density at radius 2 is 2.14 bits per heavy atom. The number of hydrogen-bond acceptors (Lipinski definition) is 4. The lowest BCUT2D eigenvalue weighted by Crippen LogP contribution is -2.27. The van der Waals surface area contributed by atoms with Crippen LogP contribution in [0.1, 0.15) is 37.4 Å². The van der Waals surface area contributed by atoms with Gasteiger partial charge in [-0.15, -0.1) is 0 Å². The van der Waals surface area contributed by atoms with Crippen LogP contribution in [0.3, 0.4) is 0 Å². The first-order valence-corrected chi connectivity index (χ1v) is 7.96. The van der Waals surface area contributed by atoms with E-state index in [0.717, 1.165) is 37.3 Å². The molecule has 0 aromatic heterocycles. The van der Waals surface area contributed by atoms with Crippen molar-refractivity contribution in [3.05, 3.63) is 29.8 Å². The summed E-state index contributed by atoms with van der Waals surface area (Å²) in [6.07, 6.45) is 5.09. The van der Waals surface area contributed by atoms with Crippen LogP contribution in [0.5, 0.6) is 5.75 Å². The molecule has 0 spiro atoms. The van der Waals surface area contributed by atoms with Gasteiger partial charge in [0.2, 0.25) is 0 Å². The number of benzene rings is 1. The molecular formula is C17H25NO3. The van der Waals surface area contributed by atoms with Crippen molar-refractivity contribution in [2.75, 3.05) is 26.9 Å². The molecule has 2 unspecified atom stereocenters. The Bertz CT molecular complexity index is 441. The lowest BCUT2D eigenvalue weighted by molar-refractivity contribution is -0.0217. The number of hydrogen-bond donors (Lipinski definition) is 1. The highest BCUT2D eigenvalue weighted by Crippen LogP contribution is 2.29. The molecule has 1 aliphatic heterocycles. The van der Waals surface area contributed by atoms with Crippen molar-refractivity contribution < 1.29 is 14.2 Å². The van der Waals surface area contributed by atoms with E-state index in [9.17, 15) is 0 Å². The fraction of sp³-hybridized carbons (Fsp3) is 0.647. The summed E-state index contributed by atoms with van der Waals surface area (Å²) in [5.41, 5.74) is 1.12. The van der Waals surface area contributed by atoms with Gasteiger partial charge in [0.25, 0.3) is 0 Å². The summed E-state index contributed by atoms with van der Waals surface area (Å²) < 4.78 is 17.3. The van der Waals surface area contributed by atoms with Crippen LogP contribution in [0.15, 0.2) is 24.3 Å². The normalized spacial score (nSPS) is 23.2. The number of methoxy groups -OCH3 is 1. The van der Waals surface area contributed by atoms with Crippen LogP contribution in [0, 0.1) is 0 Å². The van der Waals surface area contributed by atoms with Gasteiger partial charge in [0.15, 0.2) is 0 Å². The summed E-state index contributed by atoms with van der Waals surface area (Å²) in [5, 5.41) is 3.56. The van der Waals surface area contributed by atoms with Gasteiger partial charge in [-0.05, 0) is 31.7 Å². The van der Waals surface area contributed by atoms with Gasteiger partial charge >= 0.3 is 0 Å². The Morgan fingerprint density at radius 3 is 2.86 bits per heavy atom.